The second-order valence-electron chi connectivity index (χ2n) is 6.12. The molecule has 2 aliphatic carbocycles. The van der Waals surface area contributed by atoms with Crippen LogP contribution >= 0.6 is 0 Å². The smallest absolute Gasteiger partial charge is 0.0109 e. The number of hydrogen-bond acceptors (Lipinski definition) is 1. The highest BCUT2D eigenvalue weighted by molar-refractivity contribution is 5.39. The topological polar surface area (TPSA) is 12.0 Å². The van der Waals surface area contributed by atoms with Gasteiger partial charge in [-0.05, 0) is 62.1 Å². The molecular weight excluding hydrogens is 218 g/mol. The summed E-state index contributed by atoms with van der Waals surface area (Å²) in [4.78, 5) is 0. The van der Waals surface area contributed by atoms with Crippen LogP contribution in [0.5, 0.6) is 0 Å². The standard InChI is InChI=1S/C17H25N/c1-2-12-18-13-17(15-9-10-15)11-5-7-14-6-3-4-8-16(14)17/h3-4,6,8,15,18H,2,5,7,9-13H2,1H3. The maximum atomic E-state index is 3.71. The van der Waals surface area contributed by atoms with Crippen molar-refractivity contribution in [3.05, 3.63) is 35.4 Å². The van der Waals surface area contributed by atoms with Crippen LogP contribution in [0, 0.1) is 5.92 Å². The SMILES string of the molecule is CCCNCC1(C2CC2)CCCc2ccccc21. The van der Waals surface area contributed by atoms with Gasteiger partial charge in [0.1, 0.15) is 0 Å². The maximum Gasteiger partial charge on any atom is 0.0109 e. The Kier molecular flexibility index (Phi) is 3.43. The van der Waals surface area contributed by atoms with E-state index in [-0.39, 0.29) is 0 Å². The molecule has 18 heavy (non-hydrogen) atoms. The molecule has 1 atom stereocenters. The van der Waals surface area contributed by atoms with Crippen LogP contribution in [-0.2, 0) is 11.8 Å². The summed E-state index contributed by atoms with van der Waals surface area (Å²) in [6.45, 7) is 4.62. The summed E-state index contributed by atoms with van der Waals surface area (Å²) >= 11 is 0. The second kappa shape index (κ2) is 5.05. The lowest BCUT2D eigenvalue weighted by atomic mass is 9.66. The first-order chi connectivity index (χ1) is 8.87. The Hall–Kier alpha value is -0.820. The first kappa shape index (κ1) is 12.2. The van der Waals surface area contributed by atoms with Gasteiger partial charge in [-0.3, -0.25) is 0 Å². The summed E-state index contributed by atoms with van der Waals surface area (Å²) in [6.07, 6.45) is 8.19. The molecule has 1 fully saturated rings. The van der Waals surface area contributed by atoms with Gasteiger partial charge in [0.25, 0.3) is 0 Å². The van der Waals surface area contributed by atoms with Gasteiger partial charge < -0.3 is 5.32 Å². The van der Waals surface area contributed by atoms with Crippen molar-refractivity contribution in [2.24, 2.45) is 5.92 Å². The van der Waals surface area contributed by atoms with Crippen LogP contribution < -0.4 is 5.32 Å². The summed E-state index contributed by atoms with van der Waals surface area (Å²) in [5.41, 5.74) is 3.75. The Morgan fingerprint density at radius 3 is 2.89 bits per heavy atom. The molecule has 1 heteroatoms. The highest BCUT2D eigenvalue weighted by Crippen LogP contribution is 2.52. The van der Waals surface area contributed by atoms with E-state index in [9.17, 15) is 0 Å². The lowest BCUT2D eigenvalue weighted by Gasteiger charge is -2.40. The molecule has 0 bridgehead atoms. The molecule has 1 N–H and O–H groups in total. The van der Waals surface area contributed by atoms with Gasteiger partial charge in [0.05, 0.1) is 0 Å². The molecule has 1 unspecified atom stereocenters. The van der Waals surface area contributed by atoms with Gasteiger partial charge in [0.15, 0.2) is 0 Å². The number of fused-ring (bicyclic) bond motifs is 1. The summed E-state index contributed by atoms with van der Waals surface area (Å²) in [7, 11) is 0. The van der Waals surface area contributed by atoms with Crippen molar-refractivity contribution < 1.29 is 0 Å². The molecule has 1 aromatic rings. The Bertz CT molecular complexity index is 408. The van der Waals surface area contributed by atoms with E-state index in [1.165, 1.54) is 45.1 Å². The Morgan fingerprint density at radius 2 is 2.11 bits per heavy atom. The molecule has 0 aliphatic heterocycles. The molecule has 3 rings (SSSR count). The van der Waals surface area contributed by atoms with Crippen molar-refractivity contribution in [2.75, 3.05) is 13.1 Å². The van der Waals surface area contributed by atoms with Gasteiger partial charge in [-0.1, -0.05) is 31.2 Å². The fourth-order valence-corrected chi connectivity index (χ4v) is 3.83. The van der Waals surface area contributed by atoms with Gasteiger partial charge >= 0.3 is 0 Å². The van der Waals surface area contributed by atoms with Crippen LogP contribution in [0.3, 0.4) is 0 Å². The third kappa shape index (κ3) is 2.09. The molecule has 1 nitrogen and oxygen atoms in total. The van der Waals surface area contributed by atoms with E-state index in [4.69, 9.17) is 0 Å². The molecule has 0 aromatic heterocycles. The van der Waals surface area contributed by atoms with E-state index in [0.29, 0.717) is 5.41 Å². The fourth-order valence-electron chi connectivity index (χ4n) is 3.83. The van der Waals surface area contributed by atoms with Gasteiger partial charge in [0, 0.05) is 12.0 Å². The first-order valence-electron chi connectivity index (χ1n) is 7.66. The molecule has 0 radical (unpaired) electrons. The largest absolute Gasteiger partial charge is 0.316 e. The van der Waals surface area contributed by atoms with Crippen molar-refractivity contribution in [1.82, 2.24) is 5.32 Å². The predicted octanol–water partition coefficient (Wildman–Crippen LogP) is 3.67. The van der Waals surface area contributed by atoms with Crippen LogP contribution in [0.4, 0.5) is 0 Å². The Balaban J connectivity index is 1.90. The lowest BCUT2D eigenvalue weighted by Crippen LogP contribution is -2.43. The molecule has 0 spiro atoms. The van der Waals surface area contributed by atoms with Crippen LogP contribution in [0.2, 0.25) is 0 Å². The van der Waals surface area contributed by atoms with Crippen molar-refractivity contribution in [3.8, 4) is 0 Å². The van der Waals surface area contributed by atoms with Gasteiger partial charge in [-0.2, -0.15) is 0 Å². The minimum absolute atomic E-state index is 0.462. The molecule has 1 aromatic carbocycles. The third-order valence-electron chi connectivity index (χ3n) is 4.85. The zero-order chi connectivity index (χ0) is 12.4. The molecular formula is C17H25N. The lowest BCUT2D eigenvalue weighted by molar-refractivity contribution is 0.297. The van der Waals surface area contributed by atoms with Gasteiger partial charge in [0.2, 0.25) is 0 Å². The molecule has 0 heterocycles. The van der Waals surface area contributed by atoms with Crippen LogP contribution in [0.15, 0.2) is 24.3 Å². The van der Waals surface area contributed by atoms with Crippen molar-refractivity contribution >= 4 is 0 Å². The number of hydrogen-bond donors (Lipinski definition) is 1. The average molecular weight is 243 g/mol. The van der Waals surface area contributed by atoms with E-state index >= 15 is 0 Å². The van der Waals surface area contributed by atoms with E-state index < -0.39 is 0 Å². The monoisotopic (exact) mass is 243 g/mol. The van der Waals surface area contributed by atoms with Gasteiger partial charge in [-0.15, -0.1) is 0 Å². The third-order valence-corrected chi connectivity index (χ3v) is 4.85. The summed E-state index contributed by atoms with van der Waals surface area (Å²) in [5, 5.41) is 3.71. The normalized spacial score (nSPS) is 26.9. The quantitative estimate of drug-likeness (QED) is 0.778. The predicted molar refractivity (Wildman–Crippen MR) is 76.9 cm³/mol. The van der Waals surface area contributed by atoms with Crippen molar-refractivity contribution in [1.29, 1.82) is 0 Å². The molecule has 1 saturated carbocycles. The Labute approximate surface area is 111 Å². The van der Waals surface area contributed by atoms with Crippen LogP contribution in [0.1, 0.15) is 50.2 Å². The van der Waals surface area contributed by atoms with Crippen LogP contribution in [0.25, 0.3) is 0 Å². The summed E-state index contributed by atoms with van der Waals surface area (Å²) in [6, 6.07) is 9.20. The summed E-state index contributed by atoms with van der Waals surface area (Å²) < 4.78 is 0. The van der Waals surface area contributed by atoms with E-state index in [1.54, 1.807) is 11.1 Å². The molecule has 2 aliphatic rings. The average Bonchev–Trinajstić information content (AvgIpc) is 3.24. The van der Waals surface area contributed by atoms with E-state index in [2.05, 4.69) is 36.5 Å². The number of rotatable bonds is 5. The van der Waals surface area contributed by atoms with Crippen LogP contribution in [-0.4, -0.2) is 13.1 Å². The highest BCUT2D eigenvalue weighted by atomic mass is 14.9. The minimum Gasteiger partial charge on any atom is -0.316 e. The zero-order valence-corrected chi connectivity index (χ0v) is 11.5. The minimum atomic E-state index is 0.462. The number of nitrogens with one attached hydrogen (secondary N) is 1. The molecule has 0 amide bonds. The molecule has 0 saturated heterocycles. The second-order valence-corrected chi connectivity index (χ2v) is 6.12. The summed E-state index contributed by atoms with van der Waals surface area (Å²) in [5.74, 6) is 0.948. The van der Waals surface area contributed by atoms with Crippen molar-refractivity contribution in [2.45, 2.75) is 50.9 Å². The zero-order valence-electron chi connectivity index (χ0n) is 11.5. The van der Waals surface area contributed by atoms with E-state index in [0.717, 1.165) is 12.5 Å². The first-order valence-corrected chi connectivity index (χ1v) is 7.66. The maximum absolute atomic E-state index is 3.71. The van der Waals surface area contributed by atoms with Gasteiger partial charge in [-0.25, -0.2) is 0 Å². The van der Waals surface area contributed by atoms with Crippen molar-refractivity contribution in [3.63, 3.8) is 0 Å². The Morgan fingerprint density at radius 1 is 1.28 bits per heavy atom. The number of benzene rings is 1. The fraction of sp³-hybridized carbons (Fsp3) is 0.647. The highest BCUT2D eigenvalue weighted by Gasteiger charge is 2.47. The molecule has 98 valence electrons. The number of aryl methyl sites for hydroxylation is 1. The van der Waals surface area contributed by atoms with E-state index in [1.807, 2.05) is 0 Å².